The van der Waals surface area contributed by atoms with Crippen molar-refractivity contribution in [1.82, 2.24) is 9.88 Å². The molecule has 1 atom stereocenters. The molecule has 1 aromatic rings. The van der Waals surface area contributed by atoms with Gasteiger partial charge < -0.3 is 14.9 Å². The summed E-state index contributed by atoms with van der Waals surface area (Å²) in [5.41, 5.74) is 1.94. The monoisotopic (exact) mass is 263 g/mol. The van der Waals surface area contributed by atoms with Crippen LogP contribution in [0.2, 0.25) is 0 Å². The molecule has 4 nitrogen and oxygen atoms in total. The third-order valence-corrected chi connectivity index (χ3v) is 4.06. The minimum atomic E-state index is -0.437. The Bertz CT molecular complexity index is 383. The molecule has 1 saturated heterocycles. The average molecular weight is 263 g/mol. The van der Waals surface area contributed by atoms with Crippen molar-refractivity contribution >= 4 is 5.69 Å². The van der Waals surface area contributed by atoms with Gasteiger partial charge in [-0.2, -0.15) is 0 Å². The van der Waals surface area contributed by atoms with Crippen molar-refractivity contribution in [3.63, 3.8) is 0 Å². The van der Waals surface area contributed by atoms with Gasteiger partial charge in [-0.25, -0.2) is 0 Å². The van der Waals surface area contributed by atoms with Crippen LogP contribution in [0.4, 0.5) is 5.69 Å². The van der Waals surface area contributed by atoms with Crippen LogP contribution in [0.5, 0.6) is 0 Å². The Kier molecular flexibility index (Phi) is 4.77. The predicted octanol–water partition coefficient (Wildman–Crippen LogP) is 2.06. The van der Waals surface area contributed by atoms with Crippen LogP contribution in [-0.2, 0) is 0 Å². The van der Waals surface area contributed by atoms with Crippen molar-refractivity contribution in [2.75, 3.05) is 32.1 Å². The maximum Gasteiger partial charge on any atom is 0.0957 e. The Balaban J connectivity index is 1.96. The van der Waals surface area contributed by atoms with Gasteiger partial charge in [0.1, 0.15) is 0 Å². The third kappa shape index (κ3) is 3.45. The second kappa shape index (κ2) is 6.35. The van der Waals surface area contributed by atoms with Crippen LogP contribution in [0.25, 0.3) is 0 Å². The molecule has 19 heavy (non-hydrogen) atoms. The zero-order valence-electron chi connectivity index (χ0n) is 12.2. The lowest BCUT2D eigenvalue weighted by Crippen LogP contribution is -2.42. The molecule has 1 aromatic heterocycles. The van der Waals surface area contributed by atoms with Gasteiger partial charge in [0, 0.05) is 19.1 Å². The molecule has 2 rings (SSSR count). The number of hydrogen-bond acceptors (Lipinski definition) is 4. The zero-order chi connectivity index (χ0) is 13.8. The Morgan fingerprint density at radius 1 is 1.37 bits per heavy atom. The summed E-state index contributed by atoms with van der Waals surface area (Å²) in [6.45, 7) is 4.13. The SMILES string of the molecule is CC[C@@H](O)c1ccc(N2CCC(N(C)C)CC2)cn1. The molecule has 0 amide bonds. The summed E-state index contributed by atoms with van der Waals surface area (Å²) >= 11 is 0. The summed E-state index contributed by atoms with van der Waals surface area (Å²) in [7, 11) is 4.31. The summed E-state index contributed by atoms with van der Waals surface area (Å²) in [6, 6.07) is 4.73. The third-order valence-electron chi connectivity index (χ3n) is 4.06. The van der Waals surface area contributed by atoms with Gasteiger partial charge in [-0.1, -0.05) is 6.92 Å². The standard InChI is InChI=1S/C15H25N3O/c1-4-15(19)14-6-5-13(11-16-14)18-9-7-12(8-10-18)17(2)3/h5-6,11-12,15,19H,4,7-10H2,1-3H3/t15-/m1/s1. The molecule has 0 aromatic carbocycles. The highest BCUT2D eigenvalue weighted by Crippen LogP contribution is 2.22. The first-order valence-corrected chi connectivity index (χ1v) is 7.17. The fraction of sp³-hybridized carbons (Fsp3) is 0.667. The van der Waals surface area contributed by atoms with Crippen LogP contribution >= 0.6 is 0 Å². The lowest BCUT2D eigenvalue weighted by molar-refractivity contribution is 0.169. The van der Waals surface area contributed by atoms with E-state index in [1.807, 2.05) is 19.2 Å². The average Bonchev–Trinajstić information content (AvgIpc) is 2.46. The second-order valence-corrected chi connectivity index (χ2v) is 5.55. The highest BCUT2D eigenvalue weighted by molar-refractivity contribution is 5.45. The molecule has 0 bridgehead atoms. The Morgan fingerprint density at radius 2 is 2.05 bits per heavy atom. The number of hydrogen-bond donors (Lipinski definition) is 1. The number of rotatable bonds is 4. The molecule has 1 fully saturated rings. The van der Waals surface area contributed by atoms with Crippen LogP contribution in [0, 0.1) is 0 Å². The van der Waals surface area contributed by atoms with Gasteiger partial charge in [-0.15, -0.1) is 0 Å². The predicted molar refractivity (Wildman–Crippen MR) is 78.4 cm³/mol. The van der Waals surface area contributed by atoms with E-state index >= 15 is 0 Å². The van der Waals surface area contributed by atoms with Crippen molar-refractivity contribution in [3.8, 4) is 0 Å². The lowest BCUT2D eigenvalue weighted by Gasteiger charge is -2.36. The second-order valence-electron chi connectivity index (χ2n) is 5.55. The number of anilines is 1. The topological polar surface area (TPSA) is 39.6 Å². The maximum absolute atomic E-state index is 9.74. The zero-order valence-corrected chi connectivity index (χ0v) is 12.2. The number of aliphatic hydroxyl groups is 1. The molecular weight excluding hydrogens is 238 g/mol. The molecule has 0 aliphatic carbocycles. The van der Waals surface area contributed by atoms with E-state index in [9.17, 15) is 5.11 Å². The van der Waals surface area contributed by atoms with E-state index in [4.69, 9.17) is 0 Å². The van der Waals surface area contributed by atoms with E-state index in [-0.39, 0.29) is 0 Å². The minimum Gasteiger partial charge on any atom is -0.387 e. The largest absolute Gasteiger partial charge is 0.387 e. The van der Waals surface area contributed by atoms with Crippen LogP contribution in [0.1, 0.15) is 38.0 Å². The van der Waals surface area contributed by atoms with Crippen molar-refractivity contribution < 1.29 is 5.11 Å². The number of nitrogens with zero attached hydrogens (tertiary/aromatic N) is 3. The van der Waals surface area contributed by atoms with Crippen LogP contribution in [-0.4, -0.2) is 48.2 Å². The quantitative estimate of drug-likeness (QED) is 0.902. The summed E-state index contributed by atoms with van der Waals surface area (Å²) in [5.74, 6) is 0. The molecule has 4 heteroatoms. The maximum atomic E-state index is 9.74. The summed E-state index contributed by atoms with van der Waals surface area (Å²) < 4.78 is 0. The fourth-order valence-corrected chi connectivity index (χ4v) is 2.63. The summed E-state index contributed by atoms with van der Waals surface area (Å²) in [6.07, 6.45) is 4.57. The summed E-state index contributed by atoms with van der Waals surface area (Å²) in [5, 5.41) is 9.74. The van der Waals surface area contributed by atoms with Crippen LogP contribution < -0.4 is 4.90 Å². The molecule has 0 radical (unpaired) electrons. The molecule has 0 unspecified atom stereocenters. The van der Waals surface area contributed by atoms with Crippen molar-refractivity contribution in [3.05, 3.63) is 24.0 Å². The summed E-state index contributed by atoms with van der Waals surface area (Å²) in [4.78, 5) is 9.08. The highest BCUT2D eigenvalue weighted by atomic mass is 16.3. The first-order valence-electron chi connectivity index (χ1n) is 7.17. The van der Waals surface area contributed by atoms with E-state index in [1.165, 1.54) is 18.5 Å². The van der Waals surface area contributed by atoms with Crippen molar-refractivity contribution in [1.29, 1.82) is 0 Å². The van der Waals surface area contributed by atoms with E-state index in [0.29, 0.717) is 12.5 Å². The molecule has 1 aliphatic rings. The van der Waals surface area contributed by atoms with Crippen molar-refractivity contribution in [2.45, 2.75) is 38.3 Å². The Morgan fingerprint density at radius 3 is 2.53 bits per heavy atom. The molecule has 0 saturated carbocycles. The van der Waals surface area contributed by atoms with E-state index < -0.39 is 6.10 Å². The van der Waals surface area contributed by atoms with Gasteiger partial charge in [0.2, 0.25) is 0 Å². The smallest absolute Gasteiger partial charge is 0.0957 e. The van der Waals surface area contributed by atoms with Gasteiger partial charge in [0.15, 0.2) is 0 Å². The molecule has 2 heterocycles. The first-order chi connectivity index (χ1) is 9.11. The first kappa shape index (κ1) is 14.3. The molecule has 1 aliphatic heterocycles. The van der Waals surface area contributed by atoms with Crippen LogP contribution in [0.3, 0.4) is 0 Å². The molecular formula is C15H25N3O. The number of pyridine rings is 1. The Labute approximate surface area is 116 Å². The van der Waals surface area contributed by atoms with E-state index in [0.717, 1.165) is 18.8 Å². The fourth-order valence-electron chi connectivity index (χ4n) is 2.63. The molecule has 0 spiro atoms. The highest BCUT2D eigenvalue weighted by Gasteiger charge is 2.21. The van der Waals surface area contributed by atoms with E-state index in [1.54, 1.807) is 0 Å². The normalized spacial score (nSPS) is 18.9. The van der Waals surface area contributed by atoms with Gasteiger partial charge >= 0.3 is 0 Å². The molecule has 1 N–H and O–H groups in total. The van der Waals surface area contributed by atoms with Crippen LogP contribution in [0.15, 0.2) is 18.3 Å². The number of piperidine rings is 1. The van der Waals surface area contributed by atoms with Gasteiger partial charge in [0.05, 0.1) is 23.7 Å². The number of aliphatic hydroxyl groups excluding tert-OH is 1. The van der Waals surface area contributed by atoms with Gasteiger partial charge in [-0.3, -0.25) is 4.98 Å². The minimum absolute atomic E-state index is 0.437. The Hall–Kier alpha value is -1.13. The molecule has 106 valence electrons. The number of aromatic nitrogens is 1. The van der Waals surface area contributed by atoms with Crippen molar-refractivity contribution in [2.24, 2.45) is 0 Å². The van der Waals surface area contributed by atoms with E-state index in [2.05, 4.69) is 34.9 Å². The van der Waals surface area contributed by atoms with Gasteiger partial charge in [0.25, 0.3) is 0 Å². The van der Waals surface area contributed by atoms with Gasteiger partial charge in [-0.05, 0) is 45.5 Å². The lowest BCUT2D eigenvalue weighted by atomic mass is 10.0.